The lowest BCUT2D eigenvalue weighted by Gasteiger charge is -2.47. The van der Waals surface area contributed by atoms with Crippen LogP contribution in [0.2, 0.25) is 0 Å². The second-order valence-corrected chi connectivity index (χ2v) is 18.9. The molecule has 0 atom stereocenters. The molecule has 0 radical (unpaired) electrons. The summed E-state index contributed by atoms with van der Waals surface area (Å²) in [5.41, 5.74) is 0. The van der Waals surface area contributed by atoms with Crippen LogP contribution in [0.25, 0.3) is 0 Å². The third-order valence-electron chi connectivity index (χ3n) is 15.2. The van der Waals surface area contributed by atoms with Crippen molar-refractivity contribution in [1.29, 1.82) is 0 Å². The summed E-state index contributed by atoms with van der Waals surface area (Å²) in [6, 6.07) is 5.18. The molecule has 0 heterocycles. The van der Waals surface area contributed by atoms with E-state index in [1.165, 1.54) is 244 Å². The number of hydrogen-bond acceptors (Lipinski definition) is 2. The van der Waals surface area contributed by atoms with Gasteiger partial charge in [-0.25, -0.2) is 0 Å². The maximum absolute atomic E-state index is 3.98. The SMILES string of the molecule is C(#CC1CCC(N(C2CCCCCCC2)C2CCCCCCC2)CC1)C1CCC(N(C2CCCCCCCCC2)C2CCCCCCC2)CC1. The van der Waals surface area contributed by atoms with Crippen molar-refractivity contribution in [3.05, 3.63) is 0 Å². The Kier molecular flexibility index (Phi) is 17.7. The first kappa shape index (κ1) is 39.2. The molecule has 0 spiro atoms. The Balaban J connectivity index is 1.03. The molecular formula is C48H84N2. The second kappa shape index (κ2) is 22.6. The molecule has 0 aromatic carbocycles. The van der Waals surface area contributed by atoms with Crippen molar-refractivity contribution in [2.45, 2.75) is 280 Å². The van der Waals surface area contributed by atoms with Crippen molar-refractivity contribution in [2.75, 3.05) is 0 Å². The summed E-state index contributed by atoms with van der Waals surface area (Å²) < 4.78 is 0. The van der Waals surface area contributed by atoms with E-state index in [9.17, 15) is 0 Å². The highest BCUT2D eigenvalue weighted by molar-refractivity contribution is 5.10. The van der Waals surface area contributed by atoms with Crippen molar-refractivity contribution in [1.82, 2.24) is 9.80 Å². The Hall–Kier alpha value is -0.520. The highest BCUT2D eigenvalue weighted by Gasteiger charge is 2.36. The maximum Gasteiger partial charge on any atom is 0.0204 e. The molecule has 0 aromatic rings. The average Bonchev–Trinajstić information content (AvgIpc) is 3.10. The molecule has 6 fully saturated rings. The fourth-order valence-electron chi connectivity index (χ4n) is 12.3. The Morgan fingerprint density at radius 3 is 0.600 bits per heavy atom. The summed E-state index contributed by atoms with van der Waals surface area (Å²) in [6.45, 7) is 0. The molecule has 6 aliphatic rings. The van der Waals surface area contributed by atoms with Crippen LogP contribution in [-0.2, 0) is 0 Å². The van der Waals surface area contributed by atoms with E-state index in [-0.39, 0.29) is 0 Å². The Bertz CT molecular complexity index is 891. The fraction of sp³-hybridized carbons (Fsp3) is 0.958. The van der Waals surface area contributed by atoms with Crippen LogP contribution < -0.4 is 0 Å². The van der Waals surface area contributed by atoms with E-state index in [1.807, 2.05) is 0 Å². The highest BCUT2D eigenvalue weighted by atomic mass is 15.2. The van der Waals surface area contributed by atoms with Gasteiger partial charge in [-0.2, -0.15) is 0 Å². The highest BCUT2D eigenvalue weighted by Crippen LogP contribution is 2.38. The van der Waals surface area contributed by atoms with Gasteiger partial charge in [0, 0.05) is 48.1 Å². The van der Waals surface area contributed by atoms with Gasteiger partial charge < -0.3 is 0 Å². The molecule has 0 N–H and O–H groups in total. The van der Waals surface area contributed by atoms with E-state index in [1.54, 1.807) is 0 Å². The molecule has 0 aromatic heterocycles. The zero-order valence-electron chi connectivity index (χ0n) is 33.4. The van der Waals surface area contributed by atoms with Crippen LogP contribution in [0.5, 0.6) is 0 Å². The first-order valence-corrected chi connectivity index (χ1v) is 23.9. The summed E-state index contributed by atoms with van der Waals surface area (Å²) >= 11 is 0. The summed E-state index contributed by atoms with van der Waals surface area (Å²) in [6.07, 6.45) is 55.7. The van der Waals surface area contributed by atoms with E-state index in [2.05, 4.69) is 21.6 Å². The van der Waals surface area contributed by atoms with E-state index in [0.29, 0.717) is 11.8 Å². The van der Waals surface area contributed by atoms with E-state index >= 15 is 0 Å². The Morgan fingerprint density at radius 2 is 0.380 bits per heavy atom. The minimum Gasteiger partial charge on any atom is -0.294 e. The lowest BCUT2D eigenvalue weighted by Crippen LogP contribution is -2.51. The smallest absolute Gasteiger partial charge is 0.0204 e. The third kappa shape index (κ3) is 12.5. The predicted octanol–water partition coefficient (Wildman–Crippen LogP) is 13.9. The zero-order chi connectivity index (χ0) is 34.1. The van der Waals surface area contributed by atoms with Crippen LogP contribution >= 0.6 is 0 Å². The molecule has 6 rings (SSSR count). The molecule has 0 saturated heterocycles. The monoisotopic (exact) mass is 689 g/mol. The second-order valence-electron chi connectivity index (χ2n) is 18.9. The quantitative estimate of drug-likeness (QED) is 0.256. The molecule has 6 aliphatic carbocycles. The largest absolute Gasteiger partial charge is 0.294 e. The van der Waals surface area contributed by atoms with E-state index in [4.69, 9.17) is 0 Å². The molecule has 50 heavy (non-hydrogen) atoms. The van der Waals surface area contributed by atoms with Crippen LogP contribution in [0.1, 0.15) is 244 Å². The molecule has 0 bridgehead atoms. The van der Waals surface area contributed by atoms with Gasteiger partial charge in [0.05, 0.1) is 0 Å². The van der Waals surface area contributed by atoms with Crippen LogP contribution in [0.4, 0.5) is 0 Å². The minimum atomic E-state index is 0.675. The van der Waals surface area contributed by atoms with Gasteiger partial charge in [-0.1, -0.05) is 153 Å². The van der Waals surface area contributed by atoms with Crippen LogP contribution in [0.15, 0.2) is 0 Å². The fourth-order valence-corrected chi connectivity index (χ4v) is 12.3. The topological polar surface area (TPSA) is 6.48 Å². The first-order valence-electron chi connectivity index (χ1n) is 23.9. The lowest BCUT2D eigenvalue weighted by molar-refractivity contribution is 0.0269. The number of nitrogens with zero attached hydrogens (tertiary/aromatic N) is 2. The van der Waals surface area contributed by atoms with Crippen molar-refractivity contribution in [3.8, 4) is 11.8 Å². The molecule has 2 heteroatoms. The van der Waals surface area contributed by atoms with Crippen molar-refractivity contribution in [2.24, 2.45) is 11.8 Å². The van der Waals surface area contributed by atoms with Crippen LogP contribution in [-0.4, -0.2) is 46.1 Å². The number of rotatable bonds is 6. The predicted molar refractivity (Wildman–Crippen MR) is 217 cm³/mol. The standard InChI is InChI=1S/C48H84N2/c1-2-7-15-23-43(24-16-8-3-1)49(44-25-17-9-4-10-18-26-44)47-37-33-41(34-38-47)31-32-42-35-39-48(40-36-42)50(45-27-19-11-5-12-20-28-45)46-29-21-13-6-14-22-30-46/h41-48H,1-30,33-40H2. The average molecular weight is 689 g/mol. The minimum absolute atomic E-state index is 0.675. The van der Waals surface area contributed by atoms with Crippen molar-refractivity contribution < 1.29 is 0 Å². The molecule has 0 aliphatic heterocycles. The molecule has 0 unspecified atom stereocenters. The Morgan fingerprint density at radius 1 is 0.200 bits per heavy atom. The van der Waals surface area contributed by atoms with Crippen LogP contribution in [0, 0.1) is 23.7 Å². The van der Waals surface area contributed by atoms with Gasteiger partial charge in [-0.05, 0) is 103 Å². The van der Waals surface area contributed by atoms with Gasteiger partial charge in [0.15, 0.2) is 0 Å². The maximum atomic E-state index is 3.98. The van der Waals surface area contributed by atoms with Gasteiger partial charge in [-0.15, -0.1) is 0 Å². The van der Waals surface area contributed by atoms with E-state index < -0.39 is 0 Å². The van der Waals surface area contributed by atoms with Crippen molar-refractivity contribution >= 4 is 0 Å². The van der Waals surface area contributed by atoms with Gasteiger partial charge in [0.2, 0.25) is 0 Å². The first-order chi connectivity index (χ1) is 24.8. The van der Waals surface area contributed by atoms with Crippen LogP contribution in [0.3, 0.4) is 0 Å². The summed E-state index contributed by atoms with van der Waals surface area (Å²) in [7, 11) is 0. The zero-order valence-corrected chi connectivity index (χ0v) is 33.4. The third-order valence-corrected chi connectivity index (χ3v) is 15.2. The molecule has 0 amide bonds. The Labute approximate surface area is 312 Å². The molecule has 6 saturated carbocycles. The molecular weight excluding hydrogens is 605 g/mol. The lowest BCUT2D eigenvalue weighted by atomic mass is 9.80. The van der Waals surface area contributed by atoms with Gasteiger partial charge in [-0.3, -0.25) is 9.80 Å². The summed E-state index contributed by atoms with van der Waals surface area (Å²) in [5.74, 6) is 9.31. The van der Waals surface area contributed by atoms with E-state index in [0.717, 1.165) is 36.3 Å². The number of hydrogen-bond donors (Lipinski definition) is 0. The summed E-state index contributed by atoms with van der Waals surface area (Å²) in [5, 5.41) is 0. The van der Waals surface area contributed by atoms with Crippen molar-refractivity contribution in [3.63, 3.8) is 0 Å². The van der Waals surface area contributed by atoms with Gasteiger partial charge in [0.25, 0.3) is 0 Å². The normalized spacial score (nSPS) is 32.4. The van der Waals surface area contributed by atoms with Gasteiger partial charge in [0.1, 0.15) is 0 Å². The summed E-state index contributed by atoms with van der Waals surface area (Å²) in [4.78, 5) is 6.44. The molecule has 2 nitrogen and oxygen atoms in total. The molecule has 286 valence electrons. The van der Waals surface area contributed by atoms with Gasteiger partial charge >= 0.3 is 0 Å².